The Hall–Kier alpha value is 0.473. The van der Waals surface area contributed by atoms with Gasteiger partial charge in [-0.25, -0.2) is 0 Å². The second-order valence-corrected chi connectivity index (χ2v) is 0. The number of hydrogen-bond acceptors (Lipinski definition) is 0. The first-order chi connectivity index (χ1) is 2.00. The van der Waals surface area contributed by atoms with Crippen molar-refractivity contribution < 1.29 is 17.3 Å². The minimum atomic E-state index is 0.847. The van der Waals surface area contributed by atoms with Gasteiger partial charge in [-0.1, -0.05) is 0 Å². The summed E-state index contributed by atoms with van der Waals surface area (Å²) in [6.07, 6.45) is 9.00. The molecule has 0 fully saturated rings. The predicted octanol–water partition coefficient (Wildman–Crippen LogP) is 0.893. The van der Waals surface area contributed by atoms with Crippen LogP contribution in [0.1, 0.15) is 0 Å². The number of terminal acetylenes is 1. The summed E-state index contributed by atoms with van der Waals surface area (Å²) in [4.78, 5) is 0. The van der Waals surface area contributed by atoms with E-state index < -0.39 is 0 Å². The van der Waals surface area contributed by atoms with Crippen LogP contribution in [0.25, 0.3) is 0 Å². The molecular weight excluding hydrogens is 125 g/mol. The van der Waals surface area contributed by atoms with Gasteiger partial charge in [0.05, 0.1) is 0 Å². The van der Waals surface area contributed by atoms with E-state index in [4.69, 9.17) is 16.1 Å². The molecular formula is C2HClZn. The predicted molar refractivity (Wildman–Crippen MR) is 14.0 cm³/mol. The van der Waals surface area contributed by atoms with Crippen LogP contribution in [0, 0.1) is 12.8 Å². The molecule has 0 heterocycles. The average Bonchev–Trinajstić information content (AvgIpc) is 1.50. The average molecular weight is 126 g/mol. The van der Waals surface area contributed by atoms with Crippen molar-refractivity contribution in [3.05, 3.63) is 6.42 Å². The van der Waals surface area contributed by atoms with Gasteiger partial charge in [-0.2, -0.15) is 0 Å². The molecule has 0 rings (SSSR count). The second-order valence-electron chi connectivity index (χ2n) is 0. The first-order valence-corrected chi connectivity index (χ1v) is 4.45. The molecule has 0 saturated carbocycles. The van der Waals surface area contributed by atoms with E-state index in [9.17, 15) is 0 Å². The molecule has 0 radical (unpaired) electrons. The number of hydrogen-bond donors (Lipinski definition) is 0. The SMILES string of the molecule is [C-]#C.[Cl][Zn+]. The van der Waals surface area contributed by atoms with Gasteiger partial charge in [-0.15, -0.1) is 0 Å². The molecule has 0 saturated heterocycles. The summed E-state index contributed by atoms with van der Waals surface area (Å²) in [5.74, 6) is 0. The molecule has 2 heteroatoms. The van der Waals surface area contributed by atoms with Crippen LogP contribution in [0.5, 0.6) is 0 Å². The van der Waals surface area contributed by atoms with Crippen LogP contribution < -0.4 is 0 Å². The fraction of sp³-hybridized carbons (Fsp3) is 0. The van der Waals surface area contributed by atoms with Gasteiger partial charge >= 0.3 is 27.0 Å². The maximum absolute atomic E-state index is 5.25. The van der Waals surface area contributed by atoms with Gasteiger partial charge in [-0.3, -0.25) is 0 Å². The van der Waals surface area contributed by atoms with Crippen LogP contribution >= 0.6 is 9.69 Å². The summed E-state index contributed by atoms with van der Waals surface area (Å²) in [5, 5.41) is 0. The van der Waals surface area contributed by atoms with Crippen LogP contribution in [0.4, 0.5) is 0 Å². The Balaban J connectivity index is 0. The summed E-state index contributed by atoms with van der Waals surface area (Å²) in [6, 6.07) is 0. The summed E-state index contributed by atoms with van der Waals surface area (Å²) < 4.78 is 0. The Bertz CT molecular complexity index is 10.8. The van der Waals surface area contributed by atoms with Gasteiger partial charge in [0, 0.05) is 0 Å². The second kappa shape index (κ2) is 94.8. The third-order valence-corrected chi connectivity index (χ3v) is 0. The van der Waals surface area contributed by atoms with Crippen molar-refractivity contribution in [3.63, 3.8) is 0 Å². The normalized spacial score (nSPS) is 2.25. The molecule has 0 aromatic carbocycles. The van der Waals surface area contributed by atoms with Gasteiger partial charge in [0.15, 0.2) is 0 Å². The van der Waals surface area contributed by atoms with Crippen molar-refractivity contribution in [2.75, 3.05) is 0 Å². The van der Waals surface area contributed by atoms with E-state index in [1.807, 2.05) is 0 Å². The molecule has 0 unspecified atom stereocenters. The summed E-state index contributed by atoms with van der Waals surface area (Å²) in [6.45, 7) is 0. The fourth-order valence-corrected chi connectivity index (χ4v) is 0. The topological polar surface area (TPSA) is 0 Å². The summed E-state index contributed by atoms with van der Waals surface area (Å²) in [7, 11) is 4.76. The third kappa shape index (κ3) is 24.0. The van der Waals surface area contributed by atoms with E-state index in [0.717, 1.165) is 17.3 Å². The zero-order valence-electron chi connectivity index (χ0n) is 2.16. The van der Waals surface area contributed by atoms with Crippen LogP contribution in [-0.2, 0) is 17.3 Å². The van der Waals surface area contributed by atoms with E-state index in [0.29, 0.717) is 0 Å². The van der Waals surface area contributed by atoms with E-state index in [1.54, 1.807) is 0 Å². The van der Waals surface area contributed by atoms with Crippen molar-refractivity contribution >= 4 is 9.69 Å². The molecule has 0 N–H and O–H groups in total. The molecule has 0 spiro atoms. The zero-order valence-corrected chi connectivity index (χ0v) is 5.89. The Morgan fingerprint density at radius 3 is 1.50 bits per heavy atom. The number of halogens is 1. The fourth-order valence-electron chi connectivity index (χ4n) is 0. The van der Waals surface area contributed by atoms with Crippen molar-refractivity contribution in [2.45, 2.75) is 0 Å². The van der Waals surface area contributed by atoms with Crippen LogP contribution in [0.15, 0.2) is 0 Å². The quantitative estimate of drug-likeness (QED) is 0.257. The van der Waals surface area contributed by atoms with Crippen molar-refractivity contribution in [1.82, 2.24) is 0 Å². The Kier molecular flexibility index (Phi) is 209. The molecule has 0 aliphatic carbocycles. The molecule has 0 atom stereocenters. The molecule has 0 aromatic heterocycles. The van der Waals surface area contributed by atoms with Crippen LogP contribution in [0.3, 0.4) is 0 Å². The standard InChI is InChI=1S/C2H.ClH.Zn/c1-2;;/h1H;1H;/q-1;;+2/p-1. The molecule has 18 valence electrons. The van der Waals surface area contributed by atoms with Gasteiger partial charge in [0.25, 0.3) is 0 Å². The van der Waals surface area contributed by atoms with Crippen LogP contribution in [0.2, 0.25) is 0 Å². The molecule has 0 nitrogen and oxygen atoms in total. The van der Waals surface area contributed by atoms with Gasteiger partial charge in [0.1, 0.15) is 0 Å². The Morgan fingerprint density at radius 1 is 1.50 bits per heavy atom. The van der Waals surface area contributed by atoms with E-state index in [-0.39, 0.29) is 0 Å². The molecule has 0 amide bonds. The maximum atomic E-state index is 5.25. The Morgan fingerprint density at radius 2 is 1.50 bits per heavy atom. The van der Waals surface area contributed by atoms with Gasteiger partial charge < -0.3 is 12.8 Å². The van der Waals surface area contributed by atoms with Gasteiger partial charge in [-0.05, 0) is 0 Å². The monoisotopic (exact) mass is 124 g/mol. The molecule has 4 heavy (non-hydrogen) atoms. The zero-order chi connectivity index (χ0) is 4.00. The molecule has 0 bridgehead atoms. The summed E-state index contributed by atoms with van der Waals surface area (Å²) >= 11 is 0.847. The van der Waals surface area contributed by atoms with Crippen molar-refractivity contribution in [2.24, 2.45) is 0 Å². The number of rotatable bonds is 0. The van der Waals surface area contributed by atoms with Gasteiger partial charge in [0.2, 0.25) is 0 Å². The first kappa shape index (κ1) is 8.82. The van der Waals surface area contributed by atoms with E-state index >= 15 is 0 Å². The third-order valence-electron chi connectivity index (χ3n) is 0. The molecule has 0 aromatic rings. The molecule has 0 aliphatic rings. The van der Waals surface area contributed by atoms with Crippen molar-refractivity contribution in [1.29, 1.82) is 0 Å². The first-order valence-electron chi connectivity index (χ1n) is 0.556. The molecule has 0 aliphatic heterocycles. The summed E-state index contributed by atoms with van der Waals surface area (Å²) in [5.41, 5.74) is 0. The van der Waals surface area contributed by atoms with E-state index in [2.05, 4.69) is 6.42 Å². The van der Waals surface area contributed by atoms with Crippen LogP contribution in [-0.4, -0.2) is 0 Å². The van der Waals surface area contributed by atoms with E-state index in [1.165, 1.54) is 0 Å². The Labute approximate surface area is 40.3 Å². The minimum absolute atomic E-state index is 0.847. The van der Waals surface area contributed by atoms with Crippen molar-refractivity contribution in [3.8, 4) is 6.42 Å².